The Morgan fingerprint density at radius 3 is 2.42 bits per heavy atom. The molecular weight excluding hydrogens is 472 g/mol. The van der Waals surface area contributed by atoms with E-state index in [1.165, 1.54) is 11.1 Å². The van der Waals surface area contributed by atoms with Gasteiger partial charge in [0.2, 0.25) is 5.91 Å². The van der Waals surface area contributed by atoms with E-state index < -0.39 is 0 Å². The van der Waals surface area contributed by atoms with E-state index in [0.29, 0.717) is 37.2 Å². The van der Waals surface area contributed by atoms with Gasteiger partial charge >= 0.3 is 0 Å². The van der Waals surface area contributed by atoms with Gasteiger partial charge in [-0.2, -0.15) is 0 Å². The summed E-state index contributed by atoms with van der Waals surface area (Å²) in [6, 6.07) is 27.6. The van der Waals surface area contributed by atoms with Crippen LogP contribution < -0.4 is 5.32 Å². The van der Waals surface area contributed by atoms with Crippen LogP contribution in [0, 0.1) is 0 Å². The molecule has 1 aliphatic rings. The highest BCUT2D eigenvalue weighted by atomic mass is 16.3. The molecule has 5 rings (SSSR count). The van der Waals surface area contributed by atoms with Gasteiger partial charge in [0.15, 0.2) is 0 Å². The molecule has 0 saturated heterocycles. The van der Waals surface area contributed by atoms with E-state index >= 15 is 0 Å². The highest BCUT2D eigenvalue weighted by molar-refractivity contribution is 6.04. The zero-order valence-electron chi connectivity index (χ0n) is 22.3. The molecule has 5 heteroatoms. The molecule has 0 bridgehead atoms. The molecule has 1 N–H and O–H groups in total. The molecule has 3 aromatic carbocycles. The molecule has 0 spiro atoms. The fourth-order valence-electron chi connectivity index (χ4n) is 4.82. The van der Waals surface area contributed by atoms with Crippen LogP contribution in [0.15, 0.2) is 89.3 Å². The summed E-state index contributed by atoms with van der Waals surface area (Å²) in [6.07, 6.45) is 1.96. The van der Waals surface area contributed by atoms with E-state index in [1.54, 1.807) is 0 Å². The summed E-state index contributed by atoms with van der Waals surface area (Å²) in [7, 11) is 0. The number of fused-ring (bicyclic) bond motifs is 1. The molecule has 194 valence electrons. The zero-order valence-corrected chi connectivity index (χ0v) is 22.3. The maximum Gasteiger partial charge on any atom is 0.255 e. The molecule has 2 heterocycles. The number of hydrogen-bond acceptors (Lipinski definition) is 3. The first-order chi connectivity index (χ1) is 18.3. The topological polar surface area (TPSA) is 62.6 Å². The van der Waals surface area contributed by atoms with Gasteiger partial charge in [-0.3, -0.25) is 9.59 Å². The van der Waals surface area contributed by atoms with Crippen LogP contribution in [0.5, 0.6) is 0 Å². The Bertz CT molecular complexity index is 1430. The van der Waals surface area contributed by atoms with Crippen LogP contribution in [0.1, 0.15) is 60.0 Å². The van der Waals surface area contributed by atoms with Crippen molar-refractivity contribution < 1.29 is 14.0 Å². The van der Waals surface area contributed by atoms with Gasteiger partial charge in [-0.25, -0.2) is 0 Å². The van der Waals surface area contributed by atoms with Crippen LogP contribution in [0.25, 0.3) is 11.3 Å². The smallest absolute Gasteiger partial charge is 0.255 e. The lowest BCUT2D eigenvalue weighted by molar-refractivity contribution is -0.132. The Morgan fingerprint density at radius 2 is 1.68 bits per heavy atom. The molecule has 5 nitrogen and oxygen atoms in total. The molecule has 4 aromatic rings. The summed E-state index contributed by atoms with van der Waals surface area (Å²) in [4.78, 5) is 27.6. The van der Waals surface area contributed by atoms with Gasteiger partial charge in [-0.05, 0) is 53.3 Å². The molecule has 0 fully saturated rings. The highest BCUT2D eigenvalue weighted by Crippen LogP contribution is 2.31. The summed E-state index contributed by atoms with van der Waals surface area (Å²) in [5, 5.41) is 3.00. The van der Waals surface area contributed by atoms with Crippen molar-refractivity contribution in [3.8, 4) is 11.3 Å². The summed E-state index contributed by atoms with van der Waals surface area (Å²) in [5.41, 5.74) is 5.67. The number of rotatable bonds is 6. The Balaban J connectivity index is 1.23. The second-order valence-electron chi connectivity index (χ2n) is 11.0. The van der Waals surface area contributed by atoms with E-state index in [0.717, 1.165) is 29.1 Å². The van der Waals surface area contributed by atoms with Crippen LogP contribution in [-0.4, -0.2) is 23.3 Å². The minimum Gasteiger partial charge on any atom is -0.461 e. The van der Waals surface area contributed by atoms with Crippen LogP contribution in [0.4, 0.5) is 5.69 Å². The van der Waals surface area contributed by atoms with Gasteiger partial charge in [-0.1, -0.05) is 75.4 Å². The van der Waals surface area contributed by atoms with Crippen molar-refractivity contribution >= 4 is 17.5 Å². The van der Waals surface area contributed by atoms with Gasteiger partial charge in [0.05, 0.1) is 0 Å². The van der Waals surface area contributed by atoms with Crippen molar-refractivity contribution in [3.63, 3.8) is 0 Å². The first-order valence-electron chi connectivity index (χ1n) is 13.2. The van der Waals surface area contributed by atoms with Crippen LogP contribution in [-0.2, 0) is 29.6 Å². The molecule has 1 aliphatic heterocycles. The lowest BCUT2D eigenvalue weighted by atomic mass is 9.87. The number of carbonyl (C=O) groups excluding carboxylic acids is 2. The number of nitrogens with one attached hydrogen (secondary N) is 1. The molecule has 0 atom stereocenters. The summed E-state index contributed by atoms with van der Waals surface area (Å²) in [6.45, 7) is 7.69. The van der Waals surface area contributed by atoms with E-state index in [2.05, 4.69) is 38.2 Å². The normalized spacial score (nSPS) is 13.2. The highest BCUT2D eigenvalue weighted by Gasteiger charge is 2.24. The van der Waals surface area contributed by atoms with Crippen molar-refractivity contribution in [2.75, 3.05) is 11.9 Å². The first kappa shape index (κ1) is 25.5. The average molecular weight is 507 g/mol. The molecule has 1 aromatic heterocycles. The lowest BCUT2D eigenvalue weighted by Crippen LogP contribution is -2.35. The second kappa shape index (κ2) is 10.7. The van der Waals surface area contributed by atoms with Crippen LogP contribution in [0.2, 0.25) is 0 Å². The van der Waals surface area contributed by atoms with Crippen molar-refractivity contribution in [2.45, 2.75) is 52.0 Å². The van der Waals surface area contributed by atoms with Gasteiger partial charge in [0.1, 0.15) is 11.5 Å². The molecule has 0 saturated carbocycles. The minimum atomic E-state index is -0.147. The fraction of sp³-hybridized carbons (Fsp3) is 0.273. The number of anilines is 1. The SMILES string of the molecule is CC(C)(C)c1ccc(C(=O)Nc2cccc(-c3cc4c(o3)CCN(C(=O)CCc3ccccc3)C4)c2)cc1. The number of benzene rings is 3. The van der Waals surface area contributed by atoms with Crippen LogP contribution >= 0.6 is 0 Å². The largest absolute Gasteiger partial charge is 0.461 e. The Morgan fingerprint density at radius 1 is 0.921 bits per heavy atom. The van der Waals surface area contributed by atoms with E-state index in [1.807, 2.05) is 77.7 Å². The number of amides is 2. The molecule has 0 aliphatic carbocycles. The van der Waals surface area contributed by atoms with E-state index in [9.17, 15) is 9.59 Å². The quantitative estimate of drug-likeness (QED) is 0.306. The fourth-order valence-corrected chi connectivity index (χ4v) is 4.82. The minimum absolute atomic E-state index is 0.0397. The third-order valence-electron chi connectivity index (χ3n) is 7.11. The Hall–Kier alpha value is -4.12. The van der Waals surface area contributed by atoms with Crippen molar-refractivity contribution in [3.05, 3.63) is 113 Å². The van der Waals surface area contributed by atoms with Crippen molar-refractivity contribution in [1.82, 2.24) is 4.90 Å². The third-order valence-corrected chi connectivity index (χ3v) is 7.11. The van der Waals surface area contributed by atoms with Crippen molar-refractivity contribution in [2.24, 2.45) is 0 Å². The molecule has 2 amide bonds. The van der Waals surface area contributed by atoms with Gasteiger partial charge in [0.25, 0.3) is 5.91 Å². The maximum atomic E-state index is 12.9. The van der Waals surface area contributed by atoms with Crippen LogP contribution in [0.3, 0.4) is 0 Å². The summed E-state index contributed by atoms with van der Waals surface area (Å²) >= 11 is 0. The summed E-state index contributed by atoms with van der Waals surface area (Å²) < 4.78 is 6.19. The second-order valence-corrected chi connectivity index (χ2v) is 11.0. The first-order valence-corrected chi connectivity index (χ1v) is 13.2. The van der Waals surface area contributed by atoms with E-state index in [4.69, 9.17) is 4.42 Å². The number of carbonyl (C=O) groups is 2. The van der Waals surface area contributed by atoms with E-state index in [-0.39, 0.29) is 17.2 Å². The predicted molar refractivity (Wildman–Crippen MR) is 151 cm³/mol. The van der Waals surface area contributed by atoms with Gasteiger partial charge in [0, 0.05) is 48.3 Å². The average Bonchev–Trinajstić information content (AvgIpc) is 3.36. The monoisotopic (exact) mass is 506 g/mol. The summed E-state index contributed by atoms with van der Waals surface area (Å²) in [5.74, 6) is 1.70. The maximum absolute atomic E-state index is 12.9. The molecular formula is C33H34N2O3. The predicted octanol–water partition coefficient (Wildman–Crippen LogP) is 7.01. The standard InChI is InChI=1S/C33H34N2O3/c1-33(2,3)27-15-13-24(14-16-27)32(37)34-28-11-7-10-25(20-28)30-21-26-22-35(19-18-29(26)38-30)31(36)17-12-23-8-5-4-6-9-23/h4-11,13-16,20-21H,12,17-19,22H2,1-3H3,(H,34,37). The van der Waals surface area contributed by atoms with Gasteiger partial charge < -0.3 is 14.6 Å². The Labute approximate surface area is 224 Å². The molecule has 0 unspecified atom stereocenters. The number of furan rings is 1. The van der Waals surface area contributed by atoms with Crippen molar-refractivity contribution in [1.29, 1.82) is 0 Å². The number of hydrogen-bond donors (Lipinski definition) is 1. The lowest BCUT2D eigenvalue weighted by Gasteiger charge is -2.26. The third kappa shape index (κ3) is 5.88. The van der Waals surface area contributed by atoms with Gasteiger partial charge in [-0.15, -0.1) is 0 Å². The number of aryl methyl sites for hydroxylation is 1. The molecule has 0 radical (unpaired) electrons. The molecule has 38 heavy (non-hydrogen) atoms. The number of nitrogens with zero attached hydrogens (tertiary/aromatic N) is 1. The Kier molecular flexibility index (Phi) is 7.19. The zero-order chi connectivity index (χ0) is 26.7.